The summed E-state index contributed by atoms with van der Waals surface area (Å²) >= 11 is 0. The minimum Gasteiger partial charge on any atom is -0.332 e. The molecule has 5 nitrogen and oxygen atoms in total. The van der Waals surface area contributed by atoms with Crippen molar-refractivity contribution in [3.8, 4) is 0 Å². The molecule has 0 aliphatic carbocycles. The van der Waals surface area contributed by atoms with E-state index in [0.717, 1.165) is 0 Å². The van der Waals surface area contributed by atoms with E-state index in [1.165, 1.54) is 6.20 Å². The first-order valence-electron chi connectivity index (χ1n) is 5.25. The third-order valence-electron chi connectivity index (χ3n) is 2.07. The molecule has 0 saturated heterocycles. The average Bonchev–Trinajstić information content (AvgIpc) is 2.73. The minimum absolute atomic E-state index is 0.129. The van der Waals surface area contributed by atoms with E-state index in [4.69, 9.17) is 0 Å². The summed E-state index contributed by atoms with van der Waals surface area (Å²) in [6.45, 7) is 4.21. The summed E-state index contributed by atoms with van der Waals surface area (Å²) in [5.41, 5.74) is 0. The zero-order valence-electron chi connectivity index (χ0n) is 9.53. The number of allylic oxidation sites excluding steroid dienone is 1. The van der Waals surface area contributed by atoms with E-state index < -0.39 is 10.0 Å². The van der Waals surface area contributed by atoms with Crippen molar-refractivity contribution in [3.05, 3.63) is 24.2 Å². The van der Waals surface area contributed by atoms with Gasteiger partial charge in [-0.15, -0.1) is 0 Å². The second-order valence-corrected chi connectivity index (χ2v) is 5.04. The molecule has 0 bridgehead atoms. The molecule has 1 aromatic heterocycles. The smallest absolute Gasteiger partial charge is 0.257 e. The van der Waals surface area contributed by atoms with E-state index in [9.17, 15) is 8.42 Å². The van der Waals surface area contributed by atoms with Crippen LogP contribution in [0.3, 0.4) is 0 Å². The third kappa shape index (κ3) is 3.46. The second kappa shape index (κ2) is 5.81. The molecular formula is C10H17N3O2S. The molecule has 0 saturated carbocycles. The highest BCUT2D eigenvalue weighted by atomic mass is 32.2. The number of aryl methyl sites for hydroxylation is 1. The first kappa shape index (κ1) is 12.9. The molecule has 2 N–H and O–H groups in total. The van der Waals surface area contributed by atoms with Crippen LogP contribution in [-0.4, -0.2) is 24.9 Å². The lowest BCUT2D eigenvalue weighted by Gasteiger charge is -2.02. The zero-order chi connectivity index (χ0) is 12.0. The van der Waals surface area contributed by atoms with Gasteiger partial charge in [-0.3, -0.25) is 0 Å². The predicted molar refractivity (Wildman–Crippen MR) is 62.6 cm³/mol. The van der Waals surface area contributed by atoms with Gasteiger partial charge in [0.15, 0.2) is 5.03 Å². The van der Waals surface area contributed by atoms with Gasteiger partial charge in [0, 0.05) is 13.0 Å². The van der Waals surface area contributed by atoms with Gasteiger partial charge in [-0.2, -0.15) is 0 Å². The van der Waals surface area contributed by atoms with E-state index in [2.05, 4.69) is 14.7 Å². The molecule has 6 heteroatoms. The molecule has 0 aliphatic heterocycles. The summed E-state index contributed by atoms with van der Waals surface area (Å²) < 4.78 is 25.9. The molecule has 0 atom stereocenters. The summed E-state index contributed by atoms with van der Waals surface area (Å²) in [5.74, 6) is 0.675. The van der Waals surface area contributed by atoms with Gasteiger partial charge in [0.05, 0.1) is 6.20 Å². The van der Waals surface area contributed by atoms with E-state index in [0.29, 0.717) is 25.2 Å². The van der Waals surface area contributed by atoms with Gasteiger partial charge in [-0.1, -0.05) is 19.1 Å². The number of rotatable bonds is 6. The van der Waals surface area contributed by atoms with Gasteiger partial charge in [0.25, 0.3) is 10.0 Å². The number of nitrogens with zero attached hydrogens (tertiary/aromatic N) is 1. The zero-order valence-corrected chi connectivity index (χ0v) is 10.3. The van der Waals surface area contributed by atoms with Gasteiger partial charge in [0.2, 0.25) is 0 Å². The molecule has 16 heavy (non-hydrogen) atoms. The molecule has 0 radical (unpaired) electrons. The van der Waals surface area contributed by atoms with E-state index in [-0.39, 0.29) is 5.03 Å². The number of sulfonamides is 1. The first-order chi connectivity index (χ1) is 7.60. The Morgan fingerprint density at radius 1 is 1.56 bits per heavy atom. The predicted octanol–water partition coefficient (Wildman–Crippen LogP) is 1.22. The van der Waals surface area contributed by atoms with Crippen molar-refractivity contribution in [2.45, 2.75) is 31.7 Å². The number of hydrogen-bond acceptors (Lipinski definition) is 3. The molecule has 1 aromatic rings. The lowest BCUT2D eigenvalue weighted by Crippen LogP contribution is -2.24. The molecule has 0 fully saturated rings. The largest absolute Gasteiger partial charge is 0.332 e. The summed E-state index contributed by atoms with van der Waals surface area (Å²) in [6.07, 6.45) is 6.52. The number of aromatic amines is 1. The van der Waals surface area contributed by atoms with Crippen molar-refractivity contribution in [2.24, 2.45) is 0 Å². The lowest BCUT2D eigenvalue weighted by atomic mass is 10.4. The van der Waals surface area contributed by atoms with E-state index >= 15 is 0 Å². The normalized spacial score (nSPS) is 12.4. The highest BCUT2D eigenvalue weighted by Crippen LogP contribution is 2.05. The maximum atomic E-state index is 11.7. The van der Waals surface area contributed by atoms with Crippen molar-refractivity contribution in [3.63, 3.8) is 0 Å². The topological polar surface area (TPSA) is 74.8 Å². The molecule has 0 unspecified atom stereocenters. The summed E-state index contributed by atoms with van der Waals surface area (Å²) in [6, 6.07) is 0. The SMILES string of the molecule is C/C=C/CCNS(=O)(=O)c1cnc(CC)[nH]1. The second-order valence-electron chi connectivity index (χ2n) is 3.30. The van der Waals surface area contributed by atoms with Crippen LogP contribution in [0.15, 0.2) is 23.4 Å². The van der Waals surface area contributed by atoms with Crippen LogP contribution in [0.5, 0.6) is 0 Å². The van der Waals surface area contributed by atoms with Gasteiger partial charge in [-0.25, -0.2) is 18.1 Å². The first-order valence-corrected chi connectivity index (χ1v) is 6.73. The Kier molecular flexibility index (Phi) is 4.70. The van der Waals surface area contributed by atoms with Crippen LogP contribution in [0.25, 0.3) is 0 Å². The number of nitrogens with one attached hydrogen (secondary N) is 2. The monoisotopic (exact) mass is 243 g/mol. The molecule has 0 amide bonds. The molecule has 90 valence electrons. The maximum Gasteiger partial charge on any atom is 0.257 e. The Morgan fingerprint density at radius 2 is 2.31 bits per heavy atom. The molecule has 0 spiro atoms. The third-order valence-corrected chi connectivity index (χ3v) is 3.44. The maximum absolute atomic E-state index is 11.7. The molecule has 0 aliphatic rings. The standard InChI is InChI=1S/C10H17N3O2S/c1-3-5-6-7-12-16(14,15)10-8-11-9(4-2)13-10/h3,5,8,12H,4,6-7H2,1-2H3,(H,11,13)/b5-3+. The Hall–Kier alpha value is -1.14. The highest BCUT2D eigenvalue weighted by Gasteiger charge is 2.15. The molecule has 1 heterocycles. The summed E-state index contributed by atoms with van der Waals surface area (Å²) in [4.78, 5) is 6.72. The van der Waals surface area contributed by atoms with Crippen LogP contribution in [-0.2, 0) is 16.4 Å². The number of imidazole rings is 1. The fourth-order valence-electron chi connectivity index (χ4n) is 1.18. The molecular weight excluding hydrogens is 226 g/mol. The van der Waals surface area contributed by atoms with E-state index in [1.54, 1.807) is 0 Å². The van der Waals surface area contributed by atoms with Gasteiger partial charge < -0.3 is 4.98 Å². The van der Waals surface area contributed by atoms with Crippen LogP contribution in [0, 0.1) is 0 Å². The fraction of sp³-hybridized carbons (Fsp3) is 0.500. The van der Waals surface area contributed by atoms with Crippen molar-refractivity contribution in [2.75, 3.05) is 6.54 Å². The van der Waals surface area contributed by atoms with Crippen molar-refractivity contribution in [1.82, 2.24) is 14.7 Å². The fourth-order valence-corrected chi connectivity index (χ4v) is 2.17. The van der Waals surface area contributed by atoms with Gasteiger partial charge >= 0.3 is 0 Å². The highest BCUT2D eigenvalue weighted by molar-refractivity contribution is 7.89. The molecule has 0 aromatic carbocycles. The van der Waals surface area contributed by atoms with Crippen LogP contribution < -0.4 is 4.72 Å². The van der Waals surface area contributed by atoms with Gasteiger partial charge in [0.1, 0.15) is 5.82 Å². The summed E-state index contributed by atoms with van der Waals surface area (Å²) in [7, 11) is -3.43. The number of H-pyrrole nitrogens is 1. The quantitative estimate of drug-likeness (QED) is 0.582. The van der Waals surface area contributed by atoms with Crippen molar-refractivity contribution >= 4 is 10.0 Å². The van der Waals surface area contributed by atoms with Crippen LogP contribution >= 0.6 is 0 Å². The minimum atomic E-state index is -3.43. The Bertz CT molecular complexity index is 448. The van der Waals surface area contributed by atoms with Crippen LogP contribution in [0.1, 0.15) is 26.1 Å². The van der Waals surface area contributed by atoms with E-state index in [1.807, 2.05) is 26.0 Å². The Morgan fingerprint density at radius 3 is 2.88 bits per heavy atom. The Labute approximate surface area is 96.0 Å². The summed E-state index contributed by atoms with van der Waals surface area (Å²) in [5, 5.41) is 0.129. The molecule has 1 rings (SSSR count). The van der Waals surface area contributed by atoms with Gasteiger partial charge in [-0.05, 0) is 13.3 Å². The average molecular weight is 243 g/mol. The lowest BCUT2D eigenvalue weighted by molar-refractivity contribution is 0.578. The number of hydrogen-bond donors (Lipinski definition) is 2. The van der Waals surface area contributed by atoms with Crippen molar-refractivity contribution in [1.29, 1.82) is 0 Å². The van der Waals surface area contributed by atoms with Crippen LogP contribution in [0.4, 0.5) is 0 Å². The van der Waals surface area contributed by atoms with Crippen LogP contribution in [0.2, 0.25) is 0 Å². The van der Waals surface area contributed by atoms with Crippen molar-refractivity contribution < 1.29 is 8.42 Å². The Balaban J connectivity index is 2.63. The number of aromatic nitrogens is 2.